The van der Waals surface area contributed by atoms with Crippen molar-refractivity contribution in [2.24, 2.45) is 0 Å². The Kier molecular flexibility index (Phi) is 2.79. The zero-order chi connectivity index (χ0) is 14.1. The number of hydrogen-bond acceptors (Lipinski definition) is 5. The van der Waals surface area contributed by atoms with Crippen molar-refractivity contribution in [2.45, 2.75) is 6.42 Å². The highest BCUT2D eigenvalue weighted by atomic mass is 16.4. The van der Waals surface area contributed by atoms with Crippen molar-refractivity contribution in [3.8, 4) is 11.3 Å². The maximum absolute atomic E-state index is 10.7. The van der Waals surface area contributed by atoms with Crippen LogP contribution in [0.5, 0.6) is 0 Å². The molecule has 0 fully saturated rings. The summed E-state index contributed by atoms with van der Waals surface area (Å²) in [6, 6.07) is 9.12. The molecule has 3 aromatic rings. The maximum atomic E-state index is 10.7. The summed E-state index contributed by atoms with van der Waals surface area (Å²) in [6.07, 6.45) is 1.35. The summed E-state index contributed by atoms with van der Waals surface area (Å²) >= 11 is 0. The summed E-state index contributed by atoms with van der Waals surface area (Å²) in [7, 11) is 0. The van der Waals surface area contributed by atoms with Crippen molar-refractivity contribution in [1.82, 2.24) is 19.6 Å². The molecule has 3 rings (SSSR count). The number of fused-ring (bicyclic) bond motifs is 1. The van der Waals surface area contributed by atoms with Gasteiger partial charge in [0.1, 0.15) is 6.42 Å². The Hall–Kier alpha value is -2.96. The number of aliphatic carboxylic acids is 1. The SMILES string of the molecule is Nc1ccccc1-c1ccnc2nc(CC(=O)O)nn12. The molecule has 0 atom stereocenters. The van der Waals surface area contributed by atoms with Crippen LogP contribution < -0.4 is 5.73 Å². The second-order valence-corrected chi connectivity index (χ2v) is 4.23. The molecule has 2 heterocycles. The molecular weight excluding hydrogens is 258 g/mol. The lowest BCUT2D eigenvalue weighted by Gasteiger charge is -2.06. The predicted octanol–water partition coefficient (Wildman–Crippen LogP) is 1.00. The van der Waals surface area contributed by atoms with Crippen LogP contribution in [0.2, 0.25) is 0 Å². The number of rotatable bonds is 3. The molecule has 20 heavy (non-hydrogen) atoms. The van der Waals surface area contributed by atoms with E-state index in [1.54, 1.807) is 18.3 Å². The lowest BCUT2D eigenvalue weighted by atomic mass is 10.1. The van der Waals surface area contributed by atoms with Crippen molar-refractivity contribution in [2.75, 3.05) is 5.73 Å². The first-order chi connectivity index (χ1) is 9.65. The summed E-state index contributed by atoms with van der Waals surface area (Å²) < 4.78 is 1.50. The van der Waals surface area contributed by atoms with E-state index in [9.17, 15) is 4.79 Å². The van der Waals surface area contributed by atoms with Gasteiger partial charge in [0.2, 0.25) is 0 Å². The van der Waals surface area contributed by atoms with Crippen LogP contribution in [0.3, 0.4) is 0 Å². The van der Waals surface area contributed by atoms with Gasteiger partial charge >= 0.3 is 5.97 Å². The summed E-state index contributed by atoms with van der Waals surface area (Å²) in [5, 5.41) is 13.0. The summed E-state index contributed by atoms with van der Waals surface area (Å²) in [4.78, 5) is 18.9. The van der Waals surface area contributed by atoms with E-state index in [2.05, 4.69) is 15.1 Å². The molecule has 7 heteroatoms. The van der Waals surface area contributed by atoms with Gasteiger partial charge in [-0.15, -0.1) is 5.10 Å². The molecule has 100 valence electrons. The van der Waals surface area contributed by atoms with Gasteiger partial charge in [-0.05, 0) is 12.1 Å². The minimum Gasteiger partial charge on any atom is -0.481 e. The van der Waals surface area contributed by atoms with E-state index in [-0.39, 0.29) is 12.2 Å². The van der Waals surface area contributed by atoms with E-state index < -0.39 is 5.97 Å². The number of nitrogen functional groups attached to an aromatic ring is 1. The first-order valence-electron chi connectivity index (χ1n) is 5.92. The van der Waals surface area contributed by atoms with Gasteiger partial charge in [-0.1, -0.05) is 18.2 Å². The highest BCUT2D eigenvalue weighted by Crippen LogP contribution is 2.24. The molecule has 0 saturated carbocycles. The smallest absolute Gasteiger partial charge is 0.311 e. The number of para-hydroxylation sites is 1. The Morgan fingerprint density at radius 2 is 2.10 bits per heavy atom. The van der Waals surface area contributed by atoms with E-state index in [0.29, 0.717) is 11.5 Å². The van der Waals surface area contributed by atoms with Crippen LogP contribution >= 0.6 is 0 Å². The summed E-state index contributed by atoms with van der Waals surface area (Å²) in [6.45, 7) is 0. The van der Waals surface area contributed by atoms with Crippen LogP contribution in [0.4, 0.5) is 5.69 Å². The Labute approximate surface area is 113 Å². The average Bonchev–Trinajstić information content (AvgIpc) is 2.80. The van der Waals surface area contributed by atoms with Crippen LogP contribution in [0.25, 0.3) is 17.0 Å². The van der Waals surface area contributed by atoms with Gasteiger partial charge in [-0.2, -0.15) is 9.50 Å². The van der Waals surface area contributed by atoms with Crippen LogP contribution in [-0.4, -0.2) is 30.7 Å². The van der Waals surface area contributed by atoms with Crippen molar-refractivity contribution in [3.05, 3.63) is 42.4 Å². The van der Waals surface area contributed by atoms with E-state index >= 15 is 0 Å². The molecule has 1 aromatic carbocycles. The molecule has 0 radical (unpaired) electrons. The van der Waals surface area contributed by atoms with Gasteiger partial charge in [-0.25, -0.2) is 4.98 Å². The van der Waals surface area contributed by atoms with Gasteiger partial charge in [0, 0.05) is 17.4 Å². The third kappa shape index (κ3) is 2.05. The summed E-state index contributed by atoms with van der Waals surface area (Å²) in [5.74, 6) is -0.421. The normalized spacial score (nSPS) is 10.8. The van der Waals surface area contributed by atoms with Crippen molar-refractivity contribution in [1.29, 1.82) is 0 Å². The third-order valence-corrected chi connectivity index (χ3v) is 2.83. The van der Waals surface area contributed by atoms with Crippen molar-refractivity contribution in [3.63, 3.8) is 0 Å². The van der Waals surface area contributed by atoms with Gasteiger partial charge in [0.05, 0.1) is 5.69 Å². The first kappa shape index (κ1) is 12.1. The zero-order valence-electron chi connectivity index (χ0n) is 10.4. The van der Waals surface area contributed by atoms with Gasteiger partial charge in [0.25, 0.3) is 5.78 Å². The lowest BCUT2D eigenvalue weighted by molar-refractivity contribution is -0.136. The van der Waals surface area contributed by atoms with E-state index in [4.69, 9.17) is 10.8 Å². The minimum atomic E-state index is -0.985. The zero-order valence-corrected chi connectivity index (χ0v) is 10.4. The Bertz CT molecular complexity index is 796. The van der Waals surface area contributed by atoms with Crippen molar-refractivity contribution < 1.29 is 9.90 Å². The molecule has 0 bridgehead atoms. The second kappa shape index (κ2) is 4.61. The average molecular weight is 269 g/mol. The third-order valence-electron chi connectivity index (χ3n) is 2.83. The summed E-state index contributed by atoms with van der Waals surface area (Å²) in [5.41, 5.74) is 8.08. The van der Waals surface area contributed by atoms with Crippen molar-refractivity contribution >= 4 is 17.4 Å². The van der Waals surface area contributed by atoms with E-state index in [1.165, 1.54) is 4.52 Å². The fraction of sp³-hybridized carbons (Fsp3) is 0.0769. The van der Waals surface area contributed by atoms with Crippen LogP contribution in [0.1, 0.15) is 5.82 Å². The number of aromatic nitrogens is 4. The molecule has 0 amide bonds. The largest absolute Gasteiger partial charge is 0.481 e. The quantitative estimate of drug-likeness (QED) is 0.687. The van der Waals surface area contributed by atoms with Gasteiger partial charge in [0.15, 0.2) is 5.82 Å². The standard InChI is InChI=1S/C13H11N5O2/c14-9-4-2-1-3-8(9)10-5-6-15-13-16-11(7-12(19)20)17-18(10)13/h1-6H,7,14H2,(H,19,20). The number of nitrogens with zero attached hydrogens (tertiary/aromatic N) is 4. The molecule has 3 N–H and O–H groups in total. The monoisotopic (exact) mass is 269 g/mol. The molecule has 0 saturated heterocycles. The Balaban J connectivity index is 2.19. The minimum absolute atomic E-state index is 0.215. The second-order valence-electron chi connectivity index (χ2n) is 4.23. The fourth-order valence-corrected chi connectivity index (χ4v) is 1.98. The number of hydrogen-bond donors (Lipinski definition) is 2. The topological polar surface area (TPSA) is 106 Å². The first-order valence-corrected chi connectivity index (χ1v) is 5.92. The number of nitrogens with two attached hydrogens (primary N) is 1. The highest BCUT2D eigenvalue weighted by Gasteiger charge is 2.13. The molecule has 0 aliphatic rings. The number of carboxylic acids is 1. The Morgan fingerprint density at radius 1 is 1.30 bits per heavy atom. The number of carboxylic acid groups (broad SMARTS) is 1. The number of anilines is 1. The maximum Gasteiger partial charge on any atom is 0.311 e. The van der Waals surface area contributed by atoms with Crippen LogP contribution in [0.15, 0.2) is 36.5 Å². The number of benzene rings is 1. The number of carbonyl (C=O) groups is 1. The fourth-order valence-electron chi connectivity index (χ4n) is 1.98. The molecule has 0 aliphatic heterocycles. The molecule has 2 aromatic heterocycles. The van der Waals surface area contributed by atoms with Gasteiger partial charge in [-0.3, -0.25) is 4.79 Å². The molecular formula is C13H11N5O2. The highest BCUT2D eigenvalue weighted by molar-refractivity contribution is 5.74. The van der Waals surface area contributed by atoms with Crippen LogP contribution in [0, 0.1) is 0 Å². The van der Waals surface area contributed by atoms with E-state index in [1.807, 2.05) is 18.2 Å². The Morgan fingerprint density at radius 3 is 2.85 bits per heavy atom. The predicted molar refractivity (Wildman–Crippen MR) is 72.0 cm³/mol. The van der Waals surface area contributed by atoms with Gasteiger partial charge < -0.3 is 10.8 Å². The van der Waals surface area contributed by atoms with Crippen LogP contribution in [-0.2, 0) is 11.2 Å². The lowest BCUT2D eigenvalue weighted by Crippen LogP contribution is -2.02. The van der Waals surface area contributed by atoms with E-state index in [0.717, 1.165) is 11.3 Å². The molecule has 0 spiro atoms. The molecule has 0 aliphatic carbocycles. The molecule has 7 nitrogen and oxygen atoms in total. The molecule has 0 unspecified atom stereocenters.